The van der Waals surface area contributed by atoms with Gasteiger partial charge in [-0.1, -0.05) is 34.8 Å². The van der Waals surface area contributed by atoms with E-state index in [1.54, 1.807) is 18.4 Å². The molecule has 0 atom stereocenters. The van der Waals surface area contributed by atoms with Gasteiger partial charge < -0.3 is 5.32 Å². The number of benzene rings is 1. The van der Waals surface area contributed by atoms with Gasteiger partial charge in [-0.25, -0.2) is 4.39 Å². The number of rotatable bonds is 4. The van der Waals surface area contributed by atoms with Crippen LogP contribution < -0.4 is 5.32 Å². The van der Waals surface area contributed by atoms with E-state index in [0.717, 1.165) is 0 Å². The molecule has 1 aromatic carbocycles. The Morgan fingerprint density at radius 2 is 2.19 bits per heavy atom. The predicted octanol–water partition coefficient (Wildman–Crippen LogP) is 4.93. The third-order valence-electron chi connectivity index (χ3n) is 1.76. The molecule has 1 N–H and O–H groups in total. The first-order chi connectivity index (χ1) is 7.54. The van der Waals surface area contributed by atoms with Crippen molar-refractivity contribution < 1.29 is 4.39 Å². The summed E-state index contributed by atoms with van der Waals surface area (Å²) in [5.74, 6) is -0.344. The smallest absolute Gasteiger partial charge is 0.140 e. The average molecular weight is 301 g/mol. The molecule has 1 nitrogen and oxygen atoms in total. The van der Waals surface area contributed by atoms with Crippen molar-refractivity contribution in [3.05, 3.63) is 33.5 Å². The standard InChI is InChI=1S/C10H9Cl3FNS/c1-16-10-7(11)4-6(5-8(10)14)15-3-2-9(12)13/h2,4-5,15H,3H2,1H3. The van der Waals surface area contributed by atoms with E-state index < -0.39 is 0 Å². The summed E-state index contributed by atoms with van der Waals surface area (Å²) in [5.41, 5.74) is 0.589. The molecule has 0 saturated heterocycles. The number of hydrogen-bond acceptors (Lipinski definition) is 2. The monoisotopic (exact) mass is 299 g/mol. The largest absolute Gasteiger partial charge is 0.381 e. The van der Waals surface area contributed by atoms with Gasteiger partial charge in [0.25, 0.3) is 0 Å². The lowest BCUT2D eigenvalue weighted by atomic mass is 10.3. The minimum atomic E-state index is -0.344. The van der Waals surface area contributed by atoms with Crippen LogP contribution in [0.15, 0.2) is 27.6 Å². The van der Waals surface area contributed by atoms with Crippen LogP contribution in [0.5, 0.6) is 0 Å². The molecule has 0 bridgehead atoms. The van der Waals surface area contributed by atoms with Gasteiger partial charge in [-0.2, -0.15) is 0 Å². The van der Waals surface area contributed by atoms with E-state index in [2.05, 4.69) is 5.32 Å². The molecule has 1 rings (SSSR count). The van der Waals surface area contributed by atoms with Gasteiger partial charge in [0, 0.05) is 12.2 Å². The second-order valence-electron chi connectivity index (χ2n) is 2.85. The maximum atomic E-state index is 13.5. The lowest BCUT2D eigenvalue weighted by molar-refractivity contribution is 0.603. The Kier molecular flexibility index (Phi) is 5.76. The quantitative estimate of drug-likeness (QED) is 0.791. The highest BCUT2D eigenvalue weighted by molar-refractivity contribution is 7.98. The van der Waals surface area contributed by atoms with E-state index in [4.69, 9.17) is 34.8 Å². The molecule has 0 aliphatic carbocycles. The highest BCUT2D eigenvalue weighted by Gasteiger charge is 2.07. The number of nitrogens with one attached hydrogen (secondary N) is 1. The maximum Gasteiger partial charge on any atom is 0.140 e. The molecular formula is C10H9Cl3FNS. The molecule has 0 aliphatic heterocycles. The molecule has 88 valence electrons. The molecule has 0 heterocycles. The Hall–Kier alpha value is -0.0900. The molecule has 0 saturated carbocycles. The third-order valence-corrected chi connectivity index (χ3v) is 3.31. The van der Waals surface area contributed by atoms with Crippen molar-refractivity contribution in [2.24, 2.45) is 0 Å². The molecule has 0 spiro atoms. The van der Waals surface area contributed by atoms with Crippen molar-refractivity contribution in [3.8, 4) is 0 Å². The van der Waals surface area contributed by atoms with Gasteiger partial charge in [0.05, 0.1) is 9.92 Å². The Morgan fingerprint density at radius 1 is 1.50 bits per heavy atom. The molecule has 6 heteroatoms. The summed E-state index contributed by atoms with van der Waals surface area (Å²) in [6.45, 7) is 0.413. The maximum absolute atomic E-state index is 13.5. The number of thioether (sulfide) groups is 1. The molecule has 0 aliphatic rings. The van der Waals surface area contributed by atoms with E-state index in [-0.39, 0.29) is 10.3 Å². The van der Waals surface area contributed by atoms with Crippen LogP contribution in [-0.2, 0) is 0 Å². The normalized spacial score (nSPS) is 10.1. The Bertz CT molecular complexity index is 382. The molecule has 0 fully saturated rings. The van der Waals surface area contributed by atoms with Crippen LogP contribution in [0.4, 0.5) is 10.1 Å². The molecule has 16 heavy (non-hydrogen) atoms. The zero-order valence-electron chi connectivity index (χ0n) is 8.36. The van der Waals surface area contributed by atoms with E-state index >= 15 is 0 Å². The van der Waals surface area contributed by atoms with E-state index in [0.29, 0.717) is 22.2 Å². The first kappa shape index (κ1) is 14.0. The van der Waals surface area contributed by atoms with Gasteiger partial charge in [0.1, 0.15) is 10.3 Å². The molecule has 0 amide bonds. The Balaban J connectivity index is 2.80. The van der Waals surface area contributed by atoms with Crippen LogP contribution >= 0.6 is 46.6 Å². The van der Waals surface area contributed by atoms with Gasteiger partial charge in [-0.15, -0.1) is 11.8 Å². The number of anilines is 1. The van der Waals surface area contributed by atoms with Crippen LogP contribution in [-0.4, -0.2) is 12.8 Å². The Morgan fingerprint density at radius 3 is 2.69 bits per heavy atom. The van der Waals surface area contributed by atoms with Crippen LogP contribution in [0.3, 0.4) is 0 Å². The first-order valence-corrected chi connectivity index (χ1v) is 6.68. The van der Waals surface area contributed by atoms with Crippen LogP contribution in [0, 0.1) is 5.82 Å². The predicted molar refractivity (Wildman–Crippen MR) is 71.5 cm³/mol. The van der Waals surface area contributed by atoms with E-state index in [1.165, 1.54) is 17.8 Å². The van der Waals surface area contributed by atoms with Crippen molar-refractivity contribution in [2.45, 2.75) is 4.90 Å². The molecule has 0 aromatic heterocycles. The van der Waals surface area contributed by atoms with Crippen molar-refractivity contribution in [1.29, 1.82) is 0 Å². The summed E-state index contributed by atoms with van der Waals surface area (Å²) < 4.78 is 13.7. The van der Waals surface area contributed by atoms with Crippen molar-refractivity contribution >= 4 is 52.3 Å². The summed E-state index contributed by atoms with van der Waals surface area (Å²) >= 11 is 18.1. The SMILES string of the molecule is CSc1c(F)cc(NCC=C(Cl)Cl)cc1Cl. The van der Waals surface area contributed by atoms with Crippen LogP contribution in [0.2, 0.25) is 5.02 Å². The summed E-state index contributed by atoms with van der Waals surface area (Å²) in [6.07, 6.45) is 3.34. The van der Waals surface area contributed by atoms with Gasteiger partial charge >= 0.3 is 0 Å². The second-order valence-corrected chi connectivity index (χ2v) is 5.08. The van der Waals surface area contributed by atoms with E-state index in [1.807, 2.05) is 0 Å². The van der Waals surface area contributed by atoms with E-state index in [9.17, 15) is 4.39 Å². The lowest BCUT2D eigenvalue weighted by Gasteiger charge is -2.08. The fourth-order valence-corrected chi connectivity index (χ4v) is 2.20. The fraction of sp³-hybridized carbons (Fsp3) is 0.200. The molecule has 1 aromatic rings. The first-order valence-electron chi connectivity index (χ1n) is 4.32. The third kappa shape index (κ3) is 4.06. The summed E-state index contributed by atoms with van der Waals surface area (Å²) in [5, 5.41) is 3.32. The molecule has 0 radical (unpaired) electrons. The zero-order chi connectivity index (χ0) is 12.1. The highest BCUT2D eigenvalue weighted by atomic mass is 35.5. The van der Waals surface area contributed by atoms with Crippen LogP contribution in [0.25, 0.3) is 0 Å². The van der Waals surface area contributed by atoms with Crippen molar-refractivity contribution in [2.75, 3.05) is 18.1 Å². The van der Waals surface area contributed by atoms with Gasteiger partial charge in [-0.3, -0.25) is 0 Å². The summed E-state index contributed by atoms with van der Waals surface area (Å²) in [6, 6.07) is 3.04. The highest BCUT2D eigenvalue weighted by Crippen LogP contribution is 2.31. The zero-order valence-corrected chi connectivity index (χ0v) is 11.4. The van der Waals surface area contributed by atoms with Gasteiger partial charge in [0.15, 0.2) is 0 Å². The number of halogens is 4. The topological polar surface area (TPSA) is 12.0 Å². The Labute approximate surface area is 113 Å². The number of hydrogen-bond donors (Lipinski definition) is 1. The van der Waals surface area contributed by atoms with Gasteiger partial charge in [-0.05, 0) is 24.5 Å². The molecular weight excluding hydrogens is 292 g/mol. The summed E-state index contributed by atoms with van der Waals surface area (Å²) in [7, 11) is 0. The minimum absolute atomic E-state index is 0.166. The molecule has 0 unspecified atom stereocenters. The van der Waals surface area contributed by atoms with Gasteiger partial charge in [0.2, 0.25) is 0 Å². The minimum Gasteiger partial charge on any atom is -0.381 e. The van der Waals surface area contributed by atoms with Crippen LogP contribution in [0.1, 0.15) is 0 Å². The fourth-order valence-electron chi connectivity index (χ4n) is 1.10. The lowest BCUT2D eigenvalue weighted by Crippen LogP contribution is -1.99. The summed E-state index contributed by atoms with van der Waals surface area (Å²) in [4.78, 5) is 0.443. The second kappa shape index (κ2) is 6.60. The van der Waals surface area contributed by atoms with Crippen molar-refractivity contribution in [3.63, 3.8) is 0 Å². The van der Waals surface area contributed by atoms with Crippen molar-refractivity contribution in [1.82, 2.24) is 0 Å². The average Bonchev–Trinajstić information content (AvgIpc) is 2.16.